The van der Waals surface area contributed by atoms with Gasteiger partial charge in [-0.2, -0.15) is 21.6 Å². The Labute approximate surface area is 168 Å². The van der Waals surface area contributed by atoms with Gasteiger partial charge in [0.15, 0.2) is 0 Å². The van der Waals surface area contributed by atoms with Crippen molar-refractivity contribution in [3.8, 4) is 0 Å². The van der Waals surface area contributed by atoms with E-state index >= 15 is 0 Å². The lowest BCUT2D eigenvalue weighted by Crippen LogP contribution is -2.30. The van der Waals surface area contributed by atoms with Crippen LogP contribution in [0.25, 0.3) is 0 Å². The van der Waals surface area contributed by atoms with Crippen LogP contribution in [0, 0.1) is 5.92 Å². The van der Waals surface area contributed by atoms with Crippen LogP contribution in [0.1, 0.15) is 57.4 Å². The molecule has 1 aliphatic rings. The molecule has 1 saturated carbocycles. The number of hydrogen-bond donors (Lipinski definition) is 1. The van der Waals surface area contributed by atoms with Crippen molar-refractivity contribution in [3.63, 3.8) is 0 Å². The number of alkyl halides is 3. The van der Waals surface area contributed by atoms with Gasteiger partial charge in [0.25, 0.3) is 0 Å². The molecule has 0 spiro atoms. The maximum atomic E-state index is 12.8. The van der Waals surface area contributed by atoms with Gasteiger partial charge < -0.3 is 4.84 Å². The largest absolute Gasteiger partial charge is 0.516 e. The van der Waals surface area contributed by atoms with Crippen molar-refractivity contribution in [2.45, 2.75) is 57.4 Å². The van der Waals surface area contributed by atoms with Crippen molar-refractivity contribution in [1.82, 2.24) is 0 Å². The van der Waals surface area contributed by atoms with Crippen LogP contribution in [0.5, 0.6) is 0 Å². The molecule has 5 nitrogen and oxygen atoms in total. The van der Waals surface area contributed by atoms with Gasteiger partial charge in [0.1, 0.15) is 6.61 Å². The van der Waals surface area contributed by atoms with Gasteiger partial charge in [-0.15, -0.1) is 0 Å². The number of halogens is 4. The van der Waals surface area contributed by atoms with Gasteiger partial charge >= 0.3 is 15.5 Å². The number of rotatable bonds is 8. The predicted molar refractivity (Wildman–Crippen MR) is 104 cm³/mol. The molecule has 0 radical (unpaired) electrons. The molecule has 1 aliphatic carbocycles. The second-order valence-corrected chi connectivity index (χ2v) is 8.94. The molecule has 10 heteroatoms. The van der Waals surface area contributed by atoms with E-state index in [1.165, 1.54) is 24.6 Å². The molecule has 0 unspecified atom stereocenters. The van der Waals surface area contributed by atoms with Crippen molar-refractivity contribution >= 4 is 33.0 Å². The molecule has 1 aromatic rings. The number of hydrogen-bond acceptors (Lipinski definition) is 4. The van der Waals surface area contributed by atoms with E-state index in [1.807, 2.05) is 6.92 Å². The molecule has 28 heavy (non-hydrogen) atoms. The third-order valence-corrected chi connectivity index (χ3v) is 5.87. The Balaban J connectivity index is 2.27. The molecular weight excluding hydrogens is 417 g/mol. The van der Waals surface area contributed by atoms with Crippen LogP contribution in [0.4, 0.5) is 18.9 Å². The smallest absolute Gasteiger partial charge is 0.395 e. The van der Waals surface area contributed by atoms with Crippen LogP contribution in [-0.2, 0) is 14.9 Å². The van der Waals surface area contributed by atoms with Gasteiger partial charge in [-0.05, 0) is 43.4 Å². The average molecular weight is 441 g/mol. The normalized spacial score (nSPS) is 16.8. The third-order valence-electron chi connectivity index (χ3n) is 4.54. The summed E-state index contributed by atoms with van der Waals surface area (Å²) in [5.74, 6) is 0.406. The standard InChI is InChI=1S/C18H24ClF3N2O3S/c1-2-6-16(23-27-12-13-7-4-3-5-8-13)15-11-14(19)9-10-17(15)24-28(25,26)18(20,21)22/h9-11,13,24H,2-8,12H2,1H3. The fourth-order valence-corrected chi connectivity index (χ4v) is 3.84. The SMILES string of the molecule is CCCC(=NOCC1CCCCC1)c1cc(Cl)ccc1NS(=O)(=O)C(F)(F)F. The molecule has 0 atom stereocenters. The molecule has 0 saturated heterocycles. The average Bonchev–Trinajstić information content (AvgIpc) is 2.62. The minimum atomic E-state index is -5.56. The number of sulfonamides is 1. The van der Waals surface area contributed by atoms with Crippen LogP contribution < -0.4 is 4.72 Å². The lowest BCUT2D eigenvalue weighted by atomic mass is 9.90. The molecule has 158 valence electrons. The number of oxime groups is 1. The van der Waals surface area contributed by atoms with Gasteiger partial charge in [-0.3, -0.25) is 4.72 Å². The molecule has 0 heterocycles. The highest BCUT2D eigenvalue weighted by molar-refractivity contribution is 7.93. The molecule has 0 aromatic heterocycles. The van der Waals surface area contributed by atoms with Gasteiger partial charge in [0.05, 0.1) is 11.4 Å². The molecule has 2 rings (SSSR count). The van der Waals surface area contributed by atoms with E-state index in [0.29, 0.717) is 31.1 Å². The summed E-state index contributed by atoms with van der Waals surface area (Å²) < 4.78 is 62.9. The maximum Gasteiger partial charge on any atom is 0.516 e. The first-order valence-corrected chi connectivity index (χ1v) is 11.1. The van der Waals surface area contributed by atoms with E-state index in [0.717, 1.165) is 25.7 Å². The van der Waals surface area contributed by atoms with Crippen LogP contribution in [0.2, 0.25) is 5.02 Å². The quantitative estimate of drug-likeness (QED) is 0.416. The summed E-state index contributed by atoms with van der Waals surface area (Å²) in [5.41, 5.74) is -5.15. The molecule has 1 N–H and O–H groups in total. The highest BCUT2D eigenvalue weighted by Crippen LogP contribution is 2.30. The number of nitrogens with zero attached hydrogens (tertiary/aromatic N) is 1. The van der Waals surface area contributed by atoms with Crippen molar-refractivity contribution in [1.29, 1.82) is 0 Å². The van der Waals surface area contributed by atoms with Crippen molar-refractivity contribution in [2.24, 2.45) is 11.1 Å². The van der Waals surface area contributed by atoms with E-state index < -0.39 is 15.5 Å². The second kappa shape index (κ2) is 9.82. The molecule has 1 fully saturated rings. The molecule has 0 amide bonds. The summed E-state index contributed by atoms with van der Waals surface area (Å²) in [6.07, 6.45) is 6.68. The summed E-state index contributed by atoms with van der Waals surface area (Å²) in [6.45, 7) is 2.30. The maximum absolute atomic E-state index is 12.8. The highest BCUT2D eigenvalue weighted by atomic mass is 35.5. The van der Waals surface area contributed by atoms with Crippen molar-refractivity contribution in [2.75, 3.05) is 11.3 Å². The minimum Gasteiger partial charge on any atom is -0.395 e. The van der Waals surface area contributed by atoms with Crippen molar-refractivity contribution < 1.29 is 26.4 Å². The summed E-state index contributed by atoms with van der Waals surface area (Å²) >= 11 is 5.98. The van der Waals surface area contributed by atoms with E-state index in [9.17, 15) is 21.6 Å². The number of benzene rings is 1. The summed E-state index contributed by atoms with van der Waals surface area (Å²) in [4.78, 5) is 5.48. The fraction of sp³-hybridized carbons (Fsp3) is 0.611. The fourth-order valence-electron chi connectivity index (χ4n) is 3.09. The van der Waals surface area contributed by atoms with Crippen LogP contribution in [-0.4, -0.2) is 26.2 Å². The first kappa shape index (κ1) is 22.8. The van der Waals surface area contributed by atoms with Gasteiger partial charge in [0, 0.05) is 10.6 Å². The molecule has 0 aliphatic heterocycles. The van der Waals surface area contributed by atoms with E-state index in [1.54, 1.807) is 4.72 Å². The Hall–Kier alpha value is -1.48. The molecule has 1 aromatic carbocycles. The molecule has 0 bridgehead atoms. The Morgan fingerprint density at radius 1 is 1.29 bits per heavy atom. The van der Waals surface area contributed by atoms with Gasteiger partial charge in [-0.25, -0.2) is 0 Å². The Bertz CT molecular complexity index is 792. The van der Waals surface area contributed by atoms with Crippen LogP contribution in [0.15, 0.2) is 23.4 Å². The zero-order valence-corrected chi connectivity index (χ0v) is 17.1. The van der Waals surface area contributed by atoms with E-state index in [4.69, 9.17) is 16.4 Å². The highest BCUT2D eigenvalue weighted by Gasteiger charge is 2.46. The number of anilines is 1. The number of nitrogens with one attached hydrogen (secondary N) is 1. The molecular formula is C18H24ClF3N2O3S. The third kappa shape index (κ3) is 6.27. The predicted octanol–water partition coefficient (Wildman–Crippen LogP) is 5.70. The zero-order valence-electron chi connectivity index (χ0n) is 15.6. The van der Waals surface area contributed by atoms with E-state index in [-0.39, 0.29) is 16.3 Å². The van der Waals surface area contributed by atoms with Gasteiger partial charge in [0.2, 0.25) is 0 Å². The topological polar surface area (TPSA) is 67.8 Å². The van der Waals surface area contributed by atoms with Crippen LogP contribution >= 0.6 is 11.6 Å². The van der Waals surface area contributed by atoms with E-state index in [2.05, 4.69) is 5.16 Å². The summed E-state index contributed by atoms with van der Waals surface area (Å²) in [7, 11) is -5.56. The lowest BCUT2D eigenvalue weighted by Gasteiger charge is -2.20. The first-order valence-electron chi connectivity index (χ1n) is 9.22. The van der Waals surface area contributed by atoms with Gasteiger partial charge in [-0.1, -0.05) is 49.4 Å². The summed E-state index contributed by atoms with van der Waals surface area (Å²) in [6, 6.07) is 3.88. The summed E-state index contributed by atoms with van der Waals surface area (Å²) in [5, 5.41) is 4.36. The first-order chi connectivity index (χ1) is 13.1. The van der Waals surface area contributed by atoms with Crippen LogP contribution in [0.3, 0.4) is 0 Å². The Kier molecular flexibility index (Phi) is 8.00. The lowest BCUT2D eigenvalue weighted by molar-refractivity contribution is -0.0429. The Morgan fingerprint density at radius 3 is 2.57 bits per heavy atom. The zero-order chi connectivity index (χ0) is 20.8. The van der Waals surface area contributed by atoms with Crippen molar-refractivity contribution in [3.05, 3.63) is 28.8 Å². The monoisotopic (exact) mass is 440 g/mol. The second-order valence-electron chi connectivity index (χ2n) is 6.83. The Morgan fingerprint density at radius 2 is 1.96 bits per heavy atom. The minimum absolute atomic E-state index is 0.172.